The summed E-state index contributed by atoms with van der Waals surface area (Å²) in [4.78, 5) is 15.9. The first-order valence-corrected chi connectivity index (χ1v) is 5.73. The largest absolute Gasteiger partial charge is 0.490 e. The van der Waals surface area contributed by atoms with E-state index >= 15 is 0 Å². The van der Waals surface area contributed by atoms with Gasteiger partial charge in [-0.05, 0) is 19.9 Å². The predicted octanol–water partition coefficient (Wildman–Crippen LogP) is 1.99. The van der Waals surface area contributed by atoms with Crippen LogP contribution >= 0.6 is 0 Å². The van der Waals surface area contributed by atoms with Crippen LogP contribution in [-0.4, -0.2) is 24.7 Å². The van der Waals surface area contributed by atoms with Crippen molar-refractivity contribution in [2.24, 2.45) is 10.9 Å². The average molecular weight is 233 g/mol. The third-order valence-corrected chi connectivity index (χ3v) is 2.53. The van der Waals surface area contributed by atoms with E-state index in [1.54, 1.807) is 12.2 Å². The zero-order valence-electron chi connectivity index (χ0n) is 9.97. The maximum Gasteiger partial charge on any atom is 0.170 e. The van der Waals surface area contributed by atoms with Gasteiger partial charge in [-0.3, -0.25) is 9.79 Å². The van der Waals surface area contributed by atoms with Crippen LogP contribution in [0.5, 0.6) is 0 Å². The highest BCUT2D eigenvalue weighted by atomic mass is 16.5. The zero-order valence-corrected chi connectivity index (χ0v) is 9.97. The van der Waals surface area contributed by atoms with Crippen LogP contribution in [0.25, 0.3) is 0 Å². The Labute approximate surface area is 100 Å². The van der Waals surface area contributed by atoms with Crippen molar-refractivity contribution in [3.63, 3.8) is 0 Å². The molecule has 0 fully saturated rings. The van der Waals surface area contributed by atoms with Gasteiger partial charge in [-0.25, -0.2) is 0 Å². The Kier molecular flexibility index (Phi) is 3.42. The van der Waals surface area contributed by atoms with E-state index in [1.165, 1.54) is 12.3 Å². The highest BCUT2D eigenvalue weighted by Crippen LogP contribution is 2.26. The second-order valence-electron chi connectivity index (χ2n) is 3.66. The third kappa shape index (κ3) is 2.30. The van der Waals surface area contributed by atoms with Crippen LogP contribution in [0.2, 0.25) is 0 Å². The molecule has 0 amide bonds. The van der Waals surface area contributed by atoms with Gasteiger partial charge >= 0.3 is 0 Å². The fourth-order valence-corrected chi connectivity index (χ4v) is 1.80. The number of fused-ring (bicyclic) bond motifs is 1. The average Bonchev–Trinajstić information content (AvgIpc) is 2.32. The Morgan fingerprint density at radius 2 is 1.94 bits per heavy atom. The number of carbonyl (C=O) groups is 1. The number of ketones is 1. The van der Waals surface area contributed by atoms with Crippen molar-refractivity contribution in [2.45, 2.75) is 13.8 Å². The smallest absolute Gasteiger partial charge is 0.170 e. The third-order valence-electron chi connectivity index (χ3n) is 2.53. The van der Waals surface area contributed by atoms with Crippen LogP contribution in [0.1, 0.15) is 13.8 Å². The molecule has 2 aliphatic rings. The van der Waals surface area contributed by atoms with E-state index in [0.29, 0.717) is 30.4 Å². The molecule has 0 radical (unpaired) electrons. The molecule has 4 nitrogen and oxygen atoms in total. The van der Waals surface area contributed by atoms with Gasteiger partial charge in [-0.15, -0.1) is 0 Å². The van der Waals surface area contributed by atoms with Crippen LogP contribution in [0.4, 0.5) is 0 Å². The minimum Gasteiger partial charge on any atom is -0.490 e. The molecule has 1 aliphatic heterocycles. The molecule has 0 bridgehead atoms. The Bertz CT molecular complexity index is 444. The monoisotopic (exact) mass is 233 g/mol. The molecule has 0 spiro atoms. The first-order valence-electron chi connectivity index (χ1n) is 5.73. The molecule has 0 aromatic carbocycles. The summed E-state index contributed by atoms with van der Waals surface area (Å²) in [5.74, 6) is 0.971. The first-order chi connectivity index (χ1) is 8.26. The molecule has 0 aromatic rings. The molecular formula is C13H15NO3. The number of hydrogen-bond acceptors (Lipinski definition) is 4. The van der Waals surface area contributed by atoms with Gasteiger partial charge < -0.3 is 9.47 Å². The Morgan fingerprint density at radius 1 is 1.24 bits per heavy atom. The molecule has 1 heterocycles. The van der Waals surface area contributed by atoms with E-state index in [9.17, 15) is 4.79 Å². The van der Waals surface area contributed by atoms with Gasteiger partial charge in [0.05, 0.1) is 24.8 Å². The van der Waals surface area contributed by atoms with E-state index in [0.717, 1.165) is 0 Å². The highest BCUT2D eigenvalue weighted by Gasteiger charge is 2.28. The first kappa shape index (κ1) is 11.6. The maximum atomic E-state index is 11.7. The molecule has 4 heteroatoms. The maximum absolute atomic E-state index is 11.7. The van der Waals surface area contributed by atoms with Crippen LogP contribution in [0.3, 0.4) is 0 Å². The minimum atomic E-state index is -0.328. The van der Waals surface area contributed by atoms with Crippen LogP contribution in [-0.2, 0) is 14.3 Å². The molecular weight excluding hydrogens is 218 g/mol. The van der Waals surface area contributed by atoms with Crippen molar-refractivity contribution in [1.29, 1.82) is 0 Å². The highest BCUT2D eigenvalue weighted by molar-refractivity contribution is 6.18. The molecule has 17 heavy (non-hydrogen) atoms. The van der Waals surface area contributed by atoms with E-state index in [-0.39, 0.29) is 11.7 Å². The molecule has 0 saturated heterocycles. The van der Waals surface area contributed by atoms with Crippen LogP contribution in [0.15, 0.2) is 40.9 Å². The predicted molar refractivity (Wildman–Crippen MR) is 64.5 cm³/mol. The molecule has 0 N–H and O–H groups in total. The van der Waals surface area contributed by atoms with Crippen LogP contribution < -0.4 is 0 Å². The van der Waals surface area contributed by atoms with Crippen molar-refractivity contribution in [3.05, 3.63) is 35.9 Å². The van der Waals surface area contributed by atoms with Crippen LogP contribution in [0, 0.1) is 5.92 Å². The lowest BCUT2D eigenvalue weighted by Gasteiger charge is -2.22. The van der Waals surface area contributed by atoms with E-state index < -0.39 is 0 Å². The van der Waals surface area contributed by atoms with Gasteiger partial charge in [0, 0.05) is 18.4 Å². The Hall–Kier alpha value is -1.84. The lowest BCUT2D eigenvalue weighted by Crippen LogP contribution is -2.26. The van der Waals surface area contributed by atoms with Gasteiger partial charge in [-0.2, -0.15) is 0 Å². The minimum absolute atomic E-state index is 0.0269. The molecule has 0 saturated carbocycles. The fraction of sp³-hybridized carbons (Fsp3) is 0.385. The van der Waals surface area contributed by atoms with Gasteiger partial charge in [0.15, 0.2) is 17.3 Å². The summed E-state index contributed by atoms with van der Waals surface area (Å²) < 4.78 is 11.0. The molecule has 2 rings (SSSR count). The van der Waals surface area contributed by atoms with Gasteiger partial charge in [0.1, 0.15) is 0 Å². The number of rotatable bonds is 4. The van der Waals surface area contributed by atoms with E-state index in [4.69, 9.17) is 9.47 Å². The van der Waals surface area contributed by atoms with Crippen molar-refractivity contribution >= 4 is 11.5 Å². The molecule has 1 unspecified atom stereocenters. The second kappa shape index (κ2) is 4.99. The van der Waals surface area contributed by atoms with Crippen molar-refractivity contribution in [1.82, 2.24) is 0 Å². The van der Waals surface area contributed by atoms with Gasteiger partial charge in [0.2, 0.25) is 0 Å². The number of hydrogen-bond donors (Lipinski definition) is 0. The Balaban J connectivity index is 2.32. The summed E-state index contributed by atoms with van der Waals surface area (Å²) in [5.41, 5.74) is 0.712. The lowest BCUT2D eigenvalue weighted by molar-refractivity contribution is -0.115. The van der Waals surface area contributed by atoms with Gasteiger partial charge in [0.25, 0.3) is 0 Å². The second-order valence-corrected chi connectivity index (χ2v) is 3.66. The molecule has 90 valence electrons. The summed E-state index contributed by atoms with van der Waals surface area (Å²) in [6.45, 7) is 4.90. The van der Waals surface area contributed by atoms with E-state index in [2.05, 4.69) is 4.99 Å². The summed E-state index contributed by atoms with van der Waals surface area (Å²) in [6.07, 6.45) is 6.56. The summed E-state index contributed by atoms with van der Waals surface area (Å²) in [7, 11) is 0. The Morgan fingerprint density at radius 3 is 2.65 bits per heavy atom. The number of allylic oxidation sites excluding steroid dienone is 3. The number of nitrogens with zero attached hydrogens (tertiary/aromatic N) is 1. The zero-order chi connectivity index (χ0) is 12.3. The number of carbonyl (C=O) groups excluding carboxylic acids is 1. The van der Waals surface area contributed by atoms with E-state index in [1.807, 2.05) is 13.8 Å². The van der Waals surface area contributed by atoms with Crippen molar-refractivity contribution in [3.8, 4) is 0 Å². The summed E-state index contributed by atoms with van der Waals surface area (Å²) >= 11 is 0. The molecule has 1 aliphatic carbocycles. The summed E-state index contributed by atoms with van der Waals surface area (Å²) in [5, 5.41) is 0. The van der Waals surface area contributed by atoms with Crippen molar-refractivity contribution < 1.29 is 14.3 Å². The standard InChI is InChI=1S/C13H15NO3/c1-3-16-12-7-9-10(8-13(12)17-4-2)14-6-5-11(9)15/h5-9H,3-4H2,1-2H3. The SMILES string of the molecule is CCOC1=CC2=NC=CC(=O)C2C=C1OCC. The molecule has 1 atom stereocenters. The molecule has 0 aromatic heterocycles. The number of ether oxygens (including phenoxy) is 2. The number of aliphatic imine (C=N–C) groups is 1. The van der Waals surface area contributed by atoms with Gasteiger partial charge in [-0.1, -0.05) is 0 Å². The fourth-order valence-electron chi connectivity index (χ4n) is 1.80. The lowest BCUT2D eigenvalue weighted by atomic mass is 9.91. The summed E-state index contributed by atoms with van der Waals surface area (Å²) in [6, 6.07) is 0. The topological polar surface area (TPSA) is 47.9 Å². The van der Waals surface area contributed by atoms with Crippen molar-refractivity contribution in [2.75, 3.05) is 13.2 Å². The quantitative estimate of drug-likeness (QED) is 0.746. The normalized spacial score (nSPS) is 22.4.